The number of hydrogen-bond acceptors (Lipinski definition) is 1. The molecule has 1 nitrogen and oxygen atoms in total. The van der Waals surface area contributed by atoms with Gasteiger partial charge >= 0.3 is 0 Å². The standard InChI is InChI=1S/C42H28O/c1-2-11-30-26-31(25-20-27(30)10-1)41-36-15-5-3-13-34(36)40(35-14-4-6-16-37(35)41)29-23-21-28(22-24-29)32-17-9-18-38-33-12-7-8-19-39(33)43-42(32)38/h1-25,30H,26H2. The molecule has 0 radical (unpaired) electrons. The Kier molecular flexibility index (Phi) is 5.39. The van der Waals surface area contributed by atoms with Crippen molar-refractivity contribution in [2.24, 2.45) is 5.92 Å². The smallest absolute Gasteiger partial charge is 0.143 e. The minimum atomic E-state index is 0.436. The molecule has 202 valence electrons. The van der Waals surface area contributed by atoms with Gasteiger partial charge < -0.3 is 4.42 Å². The Morgan fingerprint density at radius 2 is 1.14 bits per heavy atom. The van der Waals surface area contributed by atoms with Crippen LogP contribution in [0.2, 0.25) is 0 Å². The molecular formula is C42H28O. The van der Waals surface area contributed by atoms with Gasteiger partial charge in [0.2, 0.25) is 0 Å². The van der Waals surface area contributed by atoms with Gasteiger partial charge in [0.15, 0.2) is 0 Å². The topological polar surface area (TPSA) is 13.1 Å². The molecule has 1 heteroatoms. The second-order valence-electron chi connectivity index (χ2n) is 11.6. The summed E-state index contributed by atoms with van der Waals surface area (Å²) in [5.74, 6) is 0.436. The molecule has 2 aliphatic carbocycles. The van der Waals surface area contributed by atoms with Crippen LogP contribution in [-0.4, -0.2) is 0 Å². The van der Waals surface area contributed by atoms with Crippen LogP contribution >= 0.6 is 0 Å². The fourth-order valence-electron chi connectivity index (χ4n) is 7.23. The second-order valence-corrected chi connectivity index (χ2v) is 11.6. The van der Waals surface area contributed by atoms with E-state index in [2.05, 4.69) is 140 Å². The van der Waals surface area contributed by atoms with Gasteiger partial charge in [0.1, 0.15) is 11.2 Å². The van der Waals surface area contributed by atoms with Crippen molar-refractivity contribution in [3.05, 3.63) is 163 Å². The lowest BCUT2D eigenvalue weighted by Crippen LogP contribution is -2.07. The van der Waals surface area contributed by atoms with Crippen molar-refractivity contribution in [2.75, 3.05) is 0 Å². The van der Waals surface area contributed by atoms with Gasteiger partial charge in [-0.2, -0.15) is 0 Å². The molecule has 0 spiro atoms. The average Bonchev–Trinajstić information content (AvgIpc) is 3.46. The Morgan fingerprint density at radius 1 is 0.512 bits per heavy atom. The van der Waals surface area contributed by atoms with E-state index >= 15 is 0 Å². The first-order valence-corrected chi connectivity index (χ1v) is 15.0. The summed E-state index contributed by atoms with van der Waals surface area (Å²) >= 11 is 0. The lowest BCUT2D eigenvalue weighted by atomic mass is 9.79. The molecule has 0 bridgehead atoms. The van der Waals surface area contributed by atoms with Crippen molar-refractivity contribution in [3.63, 3.8) is 0 Å². The molecule has 0 saturated heterocycles. The molecule has 43 heavy (non-hydrogen) atoms. The zero-order chi connectivity index (χ0) is 28.3. The van der Waals surface area contributed by atoms with Crippen molar-refractivity contribution in [1.82, 2.24) is 0 Å². The Balaban J connectivity index is 1.22. The van der Waals surface area contributed by atoms with Crippen LogP contribution in [0.15, 0.2) is 162 Å². The third-order valence-corrected chi connectivity index (χ3v) is 9.23. The van der Waals surface area contributed by atoms with E-state index in [1.165, 1.54) is 49.4 Å². The monoisotopic (exact) mass is 548 g/mol. The van der Waals surface area contributed by atoms with E-state index in [0.717, 1.165) is 39.5 Å². The van der Waals surface area contributed by atoms with Gasteiger partial charge in [-0.25, -0.2) is 0 Å². The van der Waals surface area contributed by atoms with Crippen LogP contribution in [0.25, 0.3) is 71.3 Å². The lowest BCUT2D eigenvalue weighted by molar-refractivity contribution is 0.670. The minimum Gasteiger partial charge on any atom is -0.455 e. The zero-order valence-corrected chi connectivity index (χ0v) is 23.6. The highest BCUT2D eigenvalue weighted by Crippen LogP contribution is 2.45. The zero-order valence-electron chi connectivity index (χ0n) is 23.6. The molecule has 0 saturated carbocycles. The molecule has 1 aromatic heterocycles. The van der Waals surface area contributed by atoms with Crippen LogP contribution in [-0.2, 0) is 0 Å². The maximum absolute atomic E-state index is 6.35. The van der Waals surface area contributed by atoms with Crippen LogP contribution < -0.4 is 0 Å². The van der Waals surface area contributed by atoms with E-state index in [1.54, 1.807) is 0 Å². The molecule has 7 aromatic rings. The molecule has 0 amide bonds. The predicted octanol–water partition coefficient (Wildman–Crippen LogP) is 11.7. The van der Waals surface area contributed by atoms with Gasteiger partial charge in [-0.15, -0.1) is 0 Å². The fraction of sp³-hybridized carbons (Fsp3) is 0.0476. The number of furan rings is 1. The summed E-state index contributed by atoms with van der Waals surface area (Å²) in [5, 5.41) is 7.51. The minimum absolute atomic E-state index is 0.436. The summed E-state index contributed by atoms with van der Waals surface area (Å²) in [6.45, 7) is 0. The molecule has 6 aromatic carbocycles. The summed E-state index contributed by atoms with van der Waals surface area (Å²) in [5.41, 5.74) is 10.8. The number of allylic oxidation sites excluding steroid dienone is 8. The van der Waals surface area contributed by atoms with Crippen molar-refractivity contribution < 1.29 is 4.42 Å². The number of hydrogen-bond donors (Lipinski definition) is 0. The summed E-state index contributed by atoms with van der Waals surface area (Å²) < 4.78 is 6.35. The number of rotatable bonds is 3. The van der Waals surface area contributed by atoms with E-state index in [4.69, 9.17) is 4.42 Å². The summed E-state index contributed by atoms with van der Waals surface area (Å²) in [4.78, 5) is 0. The van der Waals surface area contributed by atoms with Crippen LogP contribution in [0.5, 0.6) is 0 Å². The highest BCUT2D eigenvalue weighted by molar-refractivity contribution is 6.19. The first kappa shape index (κ1) is 24.2. The van der Waals surface area contributed by atoms with Gasteiger partial charge in [0.05, 0.1) is 0 Å². The van der Waals surface area contributed by atoms with Gasteiger partial charge in [-0.3, -0.25) is 0 Å². The van der Waals surface area contributed by atoms with E-state index in [1.807, 2.05) is 12.1 Å². The van der Waals surface area contributed by atoms with Gasteiger partial charge in [0.25, 0.3) is 0 Å². The summed E-state index contributed by atoms with van der Waals surface area (Å²) in [7, 11) is 0. The Bertz CT molecular complexity index is 2300. The quantitative estimate of drug-likeness (QED) is 0.200. The highest BCUT2D eigenvalue weighted by Gasteiger charge is 2.23. The normalized spacial score (nSPS) is 16.1. The van der Waals surface area contributed by atoms with Crippen molar-refractivity contribution in [1.29, 1.82) is 0 Å². The SMILES string of the molecule is C1=CC2=CC=C(c3c4ccccc4c(-c4ccc(-c5cccc6c5oc5ccccc56)cc4)c4ccccc34)CC2C=C1. The lowest BCUT2D eigenvalue weighted by Gasteiger charge is -2.25. The maximum Gasteiger partial charge on any atom is 0.143 e. The van der Waals surface area contributed by atoms with Crippen molar-refractivity contribution >= 4 is 49.1 Å². The van der Waals surface area contributed by atoms with Gasteiger partial charge in [-0.05, 0) is 67.4 Å². The Hall–Kier alpha value is -5.40. The number of para-hydroxylation sites is 2. The molecule has 0 fully saturated rings. The molecular weight excluding hydrogens is 520 g/mol. The largest absolute Gasteiger partial charge is 0.455 e. The van der Waals surface area contributed by atoms with E-state index in [9.17, 15) is 0 Å². The van der Waals surface area contributed by atoms with E-state index < -0.39 is 0 Å². The van der Waals surface area contributed by atoms with Crippen molar-refractivity contribution in [3.8, 4) is 22.3 Å². The van der Waals surface area contributed by atoms with E-state index in [-0.39, 0.29) is 0 Å². The average molecular weight is 549 g/mol. The predicted molar refractivity (Wildman–Crippen MR) is 182 cm³/mol. The van der Waals surface area contributed by atoms with Crippen LogP contribution in [0.4, 0.5) is 0 Å². The molecule has 0 aliphatic heterocycles. The maximum atomic E-state index is 6.35. The second kappa shape index (κ2) is 9.58. The highest BCUT2D eigenvalue weighted by atomic mass is 16.3. The third kappa shape index (κ3) is 3.78. The molecule has 1 heterocycles. The van der Waals surface area contributed by atoms with Gasteiger partial charge in [0, 0.05) is 22.3 Å². The Labute approximate surface area is 250 Å². The van der Waals surface area contributed by atoms with Crippen LogP contribution in [0.1, 0.15) is 12.0 Å². The molecule has 0 N–H and O–H groups in total. The Morgan fingerprint density at radius 3 is 1.88 bits per heavy atom. The third-order valence-electron chi connectivity index (χ3n) is 9.23. The molecule has 2 aliphatic rings. The first-order valence-electron chi connectivity index (χ1n) is 15.0. The first-order chi connectivity index (χ1) is 21.3. The number of fused-ring (bicyclic) bond motifs is 6. The van der Waals surface area contributed by atoms with Crippen molar-refractivity contribution in [2.45, 2.75) is 6.42 Å². The van der Waals surface area contributed by atoms with Gasteiger partial charge in [-0.1, -0.05) is 146 Å². The molecule has 9 rings (SSSR count). The molecule has 1 unspecified atom stereocenters. The fourth-order valence-corrected chi connectivity index (χ4v) is 7.23. The summed E-state index contributed by atoms with van der Waals surface area (Å²) in [6.07, 6.45) is 14.6. The van der Waals surface area contributed by atoms with Crippen LogP contribution in [0.3, 0.4) is 0 Å². The van der Waals surface area contributed by atoms with E-state index in [0.29, 0.717) is 5.92 Å². The summed E-state index contributed by atoms with van der Waals surface area (Å²) in [6, 6.07) is 41.6. The molecule has 1 atom stereocenters. The van der Waals surface area contributed by atoms with Crippen LogP contribution in [0, 0.1) is 5.92 Å². The number of benzene rings is 6.